The van der Waals surface area contributed by atoms with Crippen molar-refractivity contribution in [3.63, 3.8) is 0 Å². The molecule has 0 saturated carbocycles. The second kappa shape index (κ2) is 9.80. The van der Waals surface area contributed by atoms with E-state index >= 15 is 0 Å². The van der Waals surface area contributed by atoms with Gasteiger partial charge in [0.2, 0.25) is 5.91 Å². The Balaban J connectivity index is 1.72. The van der Waals surface area contributed by atoms with Gasteiger partial charge in [0.25, 0.3) is 5.91 Å². The summed E-state index contributed by atoms with van der Waals surface area (Å²) in [5.41, 5.74) is 0. The number of Topliss-reactive ketones (excluding diaryl/α,β-unsaturated/α-hetero) is 1. The summed E-state index contributed by atoms with van der Waals surface area (Å²) in [5, 5.41) is 6.61. The first-order valence-electron chi connectivity index (χ1n) is 9.81. The van der Waals surface area contributed by atoms with Crippen molar-refractivity contribution in [2.75, 3.05) is 13.2 Å². The highest BCUT2D eigenvalue weighted by Gasteiger charge is 2.27. The molecule has 0 fully saturated rings. The van der Waals surface area contributed by atoms with Crippen molar-refractivity contribution in [3.05, 3.63) is 47.4 Å². The fourth-order valence-electron chi connectivity index (χ4n) is 3.16. The molecule has 6 nitrogen and oxygen atoms in total. The molecule has 29 heavy (non-hydrogen) atoms. The molecule has 154 valence electrons. The Bertz CT molecular complexity index is 885. The Morgan fingerprint density at radius 1 is 1.28 bits per heavy atom. The monoisotopic (exact) mass is 414 g/mol. The van der Waals surface area contributed by atoms with E-state index in [-0.39, 0.29) is 30.1 Å². The van der Waals surface area contributed by atoms with E-state index in [1.807, 2.05) is 50.3 Å². The highest BCUT2D eigenvalue weighted by atomic mass is 32.1. The van der Waals surface area contributed by atoms with E-state index < -0.39 is 12.1 Å². The van der Waals surface area contributed by atoms with Crippen molar-refractivity contribution in [1.82, 2.24) is 10.6 Å². The van der Waals surface area contributed by atoms with Gasteiger partial charge < -0.3 is 15.4 Å². The van der Waals surface area contributed by atoms with Gasteiger partial charge >= 0.3 is 0 Å². The lowest BCUT2D eigenvalue weighted by Crippen LogP contribution is -2.52. The zero-order chi connectivity index (χ0) is 20.8. The van der Waals surface area contributed by atoms with Crippen LogP contribution in [0.15, 0.2) is 42.5 Å². The number of hydrogen-bond acceptors (Lipinski definition) is 5. The molecule has 2 atom stereocenters. The zero-order valence-corrected chi connectivity index (χ0v) is 17.5. The number of nitrogens with one attached hydrogen (secondary N) is 2. The van der Waals surface area contributed by atoms with E-state index in [0.717, 1.165) is 10.1 Å². The van der Waals surface area contributed by atoms with E-state index in [1.165, 1.54) is 11.3 Å². The average Bonchev–Trinajstić information content (AvgIpc) is 3.11. The van der Waals surface area contributed by atoms with Gasteiger partial charge in [-0.25, -0.2) is 0 Å². The highest BCUT2D eigenvalue weighted by Crippen LogP contribution is 2.25. The number of thiophene rings is 1. The van der Waals surface area contributed by atoms with Gasteiger partial charge in [-0.15, -0.1) is 11.3 Å². The fraction of sp³-hybridized carbons (Fsp3) is 0.409. The average molecular weight is 415 g/mol. The van der Waals surface area contributed by atoms with E-state index in [1.54, 1.807) is 6.08 Å². The molecule has 2 aromatic rings. The Hall–Kier alpha value is -2.51. The largest absolute Gasteiger partial charge is 0.373 e. The van der Waals surface area contributed by atoms with Gasteiger partial charge in [-0.3, -0.25) is 14.4 Å². The number of hydrogen-bond donors (Lipinski definition) is 2. The Labute approximate surface area is 174 Å². The summed E-state index contributed by atoms with van der Waals surface area (Å²) in [6, 6.07) is 8.14. The molecular formula is C22H26N2O4S. The summed E-state index contributed by atoms with van der Waals surface area (Å²) in [6.07, 6.45) is 4.69. The number of fused-ring (bicyclic) bond motifs is 1. The van der Waals surface area contributed by atoms with Crippen molar-refractivity contribution in [2.45, 2.75) is 38.8 Å². The number of amides is 2. The summed E-state index contributed by atoms with van der Waals surface area (Å²) in [4.78, 5) is 38.4. The molecular weight excluding hydrogens is 388 g/mol. The van der Waals surface area contributed by atoms with Crippen LogP contribution in [0.4, 0.5) is 0 Å². The third-order valence-corrected chi connectivity index (χ3v) is 5.74. The molecule has 1 aromatic heterocycles. The number of carbonyl (C=O) groups excluding carboxylic acids is 3. The van der Waals surface area contributed by atoms with Crippen molar-refractivity contribution in [1.29, 1.82) is 0 Å². The lowest BCUT2D eigenvalue weighted by atomic mass is 10.0. The maximum absolute atomic E-state index is 12.9. The van der Waals surface area contributed by atoms with Crippen molar-refractivity contribution >= 4 is 39.0 Å². The maximum Gasteiger partial charge on any atom is 0.262 e. The predicted molar refractivity (Wildman–Crippen MR) is 114 cm³/mol. The number of benzene rings is 1. The van der Waals surface area contributed by atoms with Crippen LogP contribution in [0.5, 0.6) is 0 Å². The minimum absolute atomic E-state index is 0.0295. The van der Waals surface area contributed by atoms with Gasteiger partial charge in [0.05, 0.1) is 11.5 Å². The van der Waals surface area contributed by atoms with Crippen molar-refractivity contribution < 1.29 is 19.1 Å². The second-order valence-electron chi connectivity index (χ2n) is 7.53. The number of ketones is 1. The summed E-state index contributed by atoms with van der Waals surface area (Å²) >= 11 is 1.39. The standard InChI is InChI=1S/C22H26N2O4S/c1-14(2)11-17(21(26)23-16-8-5-6-10-28-13-18(16)25)24-22(27)20-12-15-7-3-4-9-19(15)29-20/h3-5,7-9,12,14,16-17H,6,10-11,13H2,1-2H3,(H,23,26)(H,24,27)/b8-5-. The van der Waals surface area contributed by atoms with Gasteiger partial charge in [0.15, 0.2) is 5.78 Å². The van der Waals surface area contributed by atoms with Gasteiger partial charge in [0.1, 0.15) is 18.7 Å². The first-order valence-corrected chi connectivity index (χ1v) is 10.6. The van der Waals surface area contributed by atoms with E-state index in [4.69, 9.17) is 4.74 Å². The second-order valence-corrected chi connectivity index (χ2v) is 8.61. The van der Waals surface area contributed by atoms with Crippen molar-refractivity contribution in [3.8, 4) is 0 Å². The lowest BCUT2D eigenvalue weighted by Gasteiger charge is -2.23. The van der Waals surface area contributed by atoms with Crippen molar-refractivity contribution in [2.24, 2.45) is 5.92 Å². The Morgan fingerprint density at radius 3 is 2.83 bits per heavy atom. The third-order valence-electron chi connectivity index (χ3n) is 4.62. The first kappa shape index (κ1) is 21.2. The molecule has 7 heteroatoms. The van der Waals surface area contributed by atoms with Crippen LogP contribution in [0.1, 0.15) is 36.4 Å². The molecule has 1 aliphatic heterocycles. The summed E-state index contributed by atoms with van der Waals surface area (Å²) in [5.74, 6) is -0.652. The topological polar surface area (TPSA) is 84.5 Å². The minimum Gasteiger partial charge on any atom is -0.373 e. The Kier molecular flexibility index (Phi) is 7.17. The summed E-state index contributed by atoms with van der Waals surface area (Å²) in [7, 11) is 0. The molecule has 2 N–H and O–H groups in total. The first-order chi connectivity index (χ1) is 13.9. The van der Waals surface area contributed by atoms with Crippen LogP contribution in [0.2, 0.25) is 0 Å². The lowest BCUT2D eigenvalue weighted by molar-refractivity contribution is -0.130. The van der Waals surface area contributed by atoms with E-state index in [0.29, 0.717) is 24.3 Å². The number of rotatable bonds is 6. The molecule has 0 aliphatic carbocycles. The Morgan fingerprint density at radius 2 is 2.07 bits per heavy atom. The van der Waals surface area contributed by atoms with Crippen LogP contribution in [0.25, 0.3) is 10.1 Å². The highest BCUT2D eigenvalue weighted by molar-refractivity contribution is 7.20. The van der Waals surface area contributed by atoms with Gasteiger partial charge in [0, 0.05) is 4.70 Å². The predicted octanol–water partition coefficient (Wildman–Crippen LogP) is 3.08. The number of ether oxygens (including phenoxy) is 1. The summed E-state index contributed by atoms with van der Waals surface area (Å²) in [6.45, 7) is 4.43. The fourth-order valence-corrected chi connectivity index (χ4v) is 4.13. The molecule has 0 saturated heterocycles. The van der Waals surface area contributed by atoms with E-state index in [2.05, 4.69) is 10.6 Å². The molecule has 1 aliphatic rings. The summed E-state index contributed by atoms with van der Waals surface area (Å²) < 4.78 is 6.28. The smallest absolute Gasteiger partial charge is 0.262 e. The third kappa shape index (κ3) is 5.74. The number of carbonyl (C=O) groups is 3. The molecule has 2 heterocycles. The van der Waals surface area contributed by atoms with Gasteiger partial charge in [-0.2, -0.15) is 0 Å². The normalized spacial score (nSPS) is 19.4. The molecule has 0 spiro atoms. The van der Waals surface area contributed by atoms with Crippen LogP contribution in [0.3, 0.4) is 0 Å². The zero-order valence-electron chi connectivity index (χ0n) is 16.6. The molecule has 0 radical (unpaired) electrons. The van der Waals surface area contributed by atoms with Crippen LogP contribution < -0.4 is 10.6 Å². The maximum atomic E-state index is 12.9. The molecule has 2 unspecified atom stereocenters. The molecule has 3 rings (SSSR count). The SMILES string of the molecule is CC(C)CC(NC(=O)c1cc2ccccc2s1)C(=O)NC1/C=C\CCOCC1=O. The quantitative estimate of drug-likeness (QED) is 0.712. The molecule has 0 bridgehead atoms. The van der Waals surface area contributed by atoms with Crippen LogP contribution in [0, 0.1) is 5.92 Å². The van der Waals surface area contributed by atoms with Gasteiger partial charge in [-0.05, 0) is 36.3 Å². The minimum atomic E-state index is -0.737. The van der Waals surface area contributed by atoms with Crippen LogP contribution in [-0.2, 0) is 14.3 Å². The van der Waals surface area contributed by atoms with Crippen LogP contribution >= 0.6 is 11.3 Å². The van der Waals surface area contributed by atoms with Gasteiger partial charge in [-0.1, -0.05) is 44.2 Å². The molecule has 2 amide bonds. The van der Waals surface area contributed by atoms with E-state index in [9.17, 15) is 14.4 Å². The molecule has 1 aromatic carbocycles. The van der Waals surface area contributed by atoms with Crippen LogP contribution in [-0.4, -0.2) is 42.9 Å².